The highest BCUT2D eigenvalue weighted by molar-refractivity contribution is 5.24. The van der Waals surface area contributed by atoms with Gasteiger partial charge in [0.05, 0.1) is 5.54 Å². The van der Waals surface area contributed by atoms with Gasteiger partial charge in [0.1, 0.15) is 0 Å². The van der Waals surface area contributed by atoms with Crippen LogP contribution in [-0.2, 0) is 10.3 Å². The van der Waals surface area contributed by atoms with Crippen LogP contribution in [0, 0.1) is 5.92 Å². The molecule has 1 N–H and O–H groups in total. The topological polar surface area (TPSA) is 24.5 Å². The Bertz CT molecular complexity index is 416. The Balaban J connectivity index is 1.58. The smallest absolute Gasteiger partial charge is 0.0535 e. The Labute approximate surface area is 122 Å². The van der Waals surface area contributed by atoms with E-state index < -0.39 is 0 Å². The van der Waals surface area contributed by atoms with Crippen LogP contribution in [0.1, 0.15) is 25.3 Å². The molecule has 2 heterocycles. The van der Waals surface area contributed by atoms with Crippen LogP contribution in [0.3, 0.4) is 0 Å². The number of piperazine rings is 1. The Hall–Kier alpha value is -0.900. The summed E-state index contributed by atoms with van der Waals surface area (Å²) in [4.78, 5) is 2.61. The van der Waals surface area contributed by atoms with Crippen LogP contribution in [0.2, 0.25) is 0 Å². The molecule has 1 aromatic rings. The van der Waals surface area contributed by atoms with Gasteiger partial charge in [-0.3, -0.25) is 4.90 Å². The van der Waals surface area contributed by atoms with Gasteiger partial charge in [-0.2, -0.15) is 0 Å². The van der Waals surface area contributed by atoms with Gasteiger partial charge in [0.2, 0.25) is 0 Å². The molecule has 0 aliphatic carbocycles. The minimum Gasteiger partial charge on any atom is -0.381 e. The Morgan fingerprint density at radius 3 is 2.95 bits per heavy atom. The van der Waals surface area contributed by atoms with Crippen LogP contribution in [0.5, 0.6) is 0 Å². The highest BCUT2D eigenvalue weighted by atomic mass is 16.5. The molecular weight excluding hydrogens is 248 g/mol. The molecule has 3 heteroatoms. The van der Waals surface area contributed by atoms with Crippen LogP contribution in [-0.4, -0.2) is 44.3 Å². The number of benzene rings is 1. The average Bonchev–Trinajstić information content (AvgIpc) is 3.00. The zero-order valence-electron chi connectivity index (χ0n) is 12.5. The predicted octanol–water partition coefficient (Wildman–Crippen LogP) is 2.23. The fourth-order valence-corrected chi connectivity index (χ4v) is 3.44. The molecule has 0 saturated carbocycles. The largest absolute Gasteiger partial charge is 0.381 e. The molecule has 0 bridgehead atoms. The van der Waals surface area contributed by atoms with Crippen LogP contribution in [0.4, 0.5) is 0 Å². The Kier molecular flexibility index (Phi) is 4.39. The van der Waals surface area contributed by atoms with E-state index in [2.05, 4.69) is 47.5 Å². The van der Waals surface area contributed by atoms with E-state index in [4.69, 9.17) is 4.74 Å². The molecule has 110 valence electrons. The summed E-state index contributed by atoms with van der Waals surface area (Å²) in [6.45, 7) is 8.81. The SMILES string of the molecule is CC1(c2ccccc2)CN(CCC2CCOC2)CCN1. The first-order chi connectivity index (χ1) is 9.76. The molecule has 0 spiro atoms. The van der Waals surface area contributed by atoms with Crippen molar-refractivity contribution in [3.8, 4) is 0 Å². The van der Waals surface area contributed by atoms with E-state index in [1.54, 1.807) is 0 Å². The zero-order valence-corrected chi connectivity index (χ0v) is 12.5. The van der Waals surface area contributed by atoms with Crippen LogP contribution >= 0.6 is 0 Å². The summed E-state index contributed by atoms with van der Waals surface area (Å²) in [6, 6.07) is 10.8. The summed E-state index contributed by atoms with van der Waals surface area (Å²) in [5, 5.41) is 3.70. The van der Waals surface area contributed by atoms with E-state index in [0.717, 1.165) is 38.8 Å². The Morgan fingerprint density at radius 2 is 2.20 bits per heavy atom. The number of hydrogen-bond donors (Lipinski definition) is 1. The maximum atomic E-state index is 5.48. The summed E-state index contributed by atoms with van der Waals surface area (Å²) in [7, 11) is 0. The molecule has 0 radical (unpaired) electrons. The van der Waals surface area contributed by atoms with Gasteiger partial charge in [0.25, 0.3) is 0 Å². The van der Waals surface area contributed by atoms with Crippen LogP contribution < -0.4 is 5.32 Å². The van der Waals surface area contributed by atoms with E-state index in [1.165, 1.54) is 24.9 Å². The van der Waals surface area contributed by atoms with Gasteiger partial charge >= 0.3 is 0 Å². The third-order valence-electron chi connectivity index (χ3n) is 4.77. The van der Waals surface area contributed by atoms with Gasteiger partial charge in [0.15, 0.2) is 0 Å². The van der Waals surface area contributed by atoms with Crippen molar-refractivity contribution < 1.29 is 4.74 Å². The number of ether oxygens (including phenoxy) is 1. The lowest BCUT2D eigenvalue weighted by Crippen LogP contribution is -2.56. The average molecular weight is 274 g/mol. The van der Waals surface area contributed by atoms with Crippen molar-refractivity contribution in [1.82, 2.24) is 10.2 Å². The molecule has 20 heavy (non-hydrogen) atoms. The number of nitrogens with one attached hydrogen (secondary N) is 1. The summed E-state index contributed by atoms with van der Waals surface area (Å²) < 4.78 is 5.48. The maximum absolute atomic E-state index is 5.48. The van der Waals surface area contributed by atoms with Gasteiger partial charge in [-0.25, -0.2) is 0 Å². The predicted molar refractivity (Wildman–Crippen MR) is 81.8 cm³/mol. The van der Waals surface area contributed by atoms with E-state index in [-0.39, 0.29) is 5.54 Å². The first-order valence-electron chi connectivity index (χ1n) is 7.87. The molecule has 2 aliphatic rings. The van der Waals surface area contributed by atoms with E-state index in [9.17, 15) is 0 Å². The molecule has 0 amide bonds. The molecule has 3 nitrogen and oxygen atoms in total. The standard InChI is InChI=1S/C17H26N2O/c1-17(16-5-3-2-4-6-16)14-19(11-9-18-17)10-7-15-8-12-20-13-15/h2-6,15,18H,7-14H2,1H3. The molecule has 2 atom stereocenters. The highest BCUT2D eigenvalue weighted by Crippen LogP contribution is 2.25. The second-order valence-corrected chi connectivity index (χ2v) is 6.42. The third kappa shape index (κ3) is 3.22. The van der Waals surface area contributed by atoms with Crippen molar-refractivity contribution in [2.45, 2.75) is 25.3 Å². The summed E-state index contributed by atoms with van der Waals surface area (Å²) in [6.07, 6.45) is 2.53. The fourth-order valence-electron chi connectivity index (χ4n) is 3.44. The molecular formula is C17H26N2O. The van der Waals surface area contributed by atoms with Crippen molar-refractivity contribution in [1.29, 1.82) is 0 Å². The van der Waals surface area contributed by atoms with Gasteiger partial charge in [-0.15, -0.1) is 0 Å². The second-order valence-electron chi connectivity index (χ2n) is 6.42. The second kappa shape index (κ2) is 6.25. The lowest BCUT2D eigenvalue weighted by molar-refractivity contribution is 0.131. The number of hydrogen-bond acceptors (Lipinski definition) is 3. The van der Waals surface area contributed by atoms with Gasteiger partial charge < -0.3 is 10.1 Å². The lowest BCUT2D eigenvalue weighted by atomic mass is 9.89. The number of nitrogens with zero attached hydrogens (tertiary/aromatic N) is 1. The molecule has 0 aromatic heterocycles. The quantitative estimate of drug-likeness (QED) is 0.911. The summed E-state index contributed by atoms with van der Waals surface area (Å²) in [5.74, 6) is 0.785. The summed E-state index contributed by atoms with van der Waals surface area (Å²) in [5.41, 5.74) is 1.49. The van der Waals surface area contributed by atoms with Gasteiger partial charge in [-0.1, -0.05) is 30.3 Å². The minimum atomic E-state index is 0.0890. The molecule has 2 unspecified atom stereocenters. The van der Waals surface area contributed by atoms with Crippen molar-refractivity contribution >= 4 is 0 Å². The van der Waals surface area contributed by atoms with Crippen molar-refractivity contribution in [2.24, 2.45) is 5.92 Å². The van der Waals surface area contributed by atoms with Crippen LogP contribution in [0.15, 0.2) is 30.3 Å². The Morgan fingerprint density at radius 1 is 1.35 bits per heavy atom. The van der Waals surface area contributed by atoms with Gasteiger partial charge in [-0.05, 0) is 37.8 Å². The van der Waals surface area contributed by atoms with Crippen molar-refractivity contribution in [3.63, 3.8) is 0 Å². The van der Waals surface area contributed by atoms with E-state index >= 15 is 0 Å². The lowest BCUT2D eigenvalue weighted by Gasteiger charge is -2.42. The molecule has 1 aromatic carbocycles. The molecule has 2 saturated heterocycles. The van der Waals surface area contributed by atoms with Crippen molar-refractivity contribution in [2.75, 3.05) is 39.4 Å². The maximum Gasteiger partial charge on any atom is 0.0535 e. The minimum absolute atomic E-state index is 0.0890. The normalized spacial score (nSPS) is 31.6. The van der Waals surface area contributed by atoms with Crippen LogP contribution in [0.25, 0.3) is 0 Å². The first kappa shape index (κ1) is 14.1. The number of rotatable bonds is 4. The molecule has 3 rings (SSSR count). The van der Waals surface area contributed by atoms with E-state index in [0.29, 0.717) is 0 Å². The monoisotopic (exact) mass is 274 g/mol. The first-order valence-corrected chi connectivity index (χ1v) is 7.87. The van der Waals surface area contributed by atoms with E-state index in [1.807, 2.05) is 0 Å². The van der Waals surface area contributed by atoms with Crippen molar-refractivity contribution in [3.05, 3.63) is 35.9 Å². The zero-order chi connectivity index (χ0) is 13.8. The highest BCUT2D eigenvalue weighted by Gasteiger charge is 2.32. The molecule has 2 aliphatic heterocycles. The molecule has 2 fully saturated rings. The summed E-state index contributed by atoms with van der Waals surface area (Å²) >= 11 is 0. The third-order valence-corrected chi connectivity index (χ3v) is 4.77. The fraction of sp³-hybridized carbons (Fsp3) is 0.647. The van der Waals surface area contributed by atoms with Gasteiger partial charge in [0, 0.05) is 32.8 Å².